The molecule has 0 unspecified atom stereocenters. The predicted molar refractivity (Wildman–Crippen MR) is 111 cm³/mol. The maximum absolute atomic E-state index is 13.9. The molecule has 168 valence electrons. The van der Waals surface area contributed by atoms with E-state index >= 15 is 0 Å². The number of nitrogens with one attached hydrogen (secondary N) is 1. The number of hydrogen-bond acceptors (Lipinski definition) is 4. The van der Waals surface area contributed by atoms with Crippen LogP contribution in [0.25, 0.3) is 0 Å². The zero-order valence-corrected chi connectivity index (χ0v) is 16.9. The Kier molecular flexibility index (Phi) is 5.64. The van der Waals surface area contributed by atoms with E-state index in [9.17, 15) is 27.6 Å². The summed E-state index contributed by atoms with van der Waals surface area (Å²) in [7, 11) is 0. The van der Waals surface area contributed by atoms with Gasteiger partial charge in [0.05, 0.1) is 30.4 Å². The number of anilines is 2. The number of hydrogen-bond donors (Lipinski definition) is 2. The molecule has 2 aromatic carbocycles. The van der Waals surface area contributed by atoms with Crippen LogP contribution in [0.2, 0.25) is 0 Å². The van der Waals surface area contributed by atoms with Crippen molar-refractivity contribution in [2.45, 2.75) is 37.6 Å². The Morgan fingerprint density at radius 2 is 1.69 bits per heavy atom. The predicted octanol–water partition coefficient (Wildman–Crippen LogP) is 2.20. The molecule has 0 bridgehead atoms. The summed E-state index contributed by atoms with van der Waals surface area (Å²) in [5.74, 6) is -2.37. The van der Waals surface area contributed by atoms with Gasteiger partial charge >= 0.3 is 6.18 Å². The smallest absolute Gasteiger partial charge is 0.368 e. The van der Waals surface area contributed by atoms with Gasteiger partial charge in [-0.3, -0.25) is 24.2 Å². The van der Waals surface area contributed by atoms with Gasteiger partial charge < -0.3 is 11.1 Å². The van der Waals surface area contributed by atoms with E-state index < -0.39 is 48.9 Å². The van der Waals surface area contributed by atoms with E-state index in [1.54, 1.807) is 6.07 Å². The maximum Gasteiger partial charge on any atom is 0.409 e. The maximum atomic E-state index is 13.9. The van der Waals surface area contributed by atoms with E-state index in [1.807, 2.05) is 24.3 Å². The highest BCUT2D eigenvalue weighted by molar-refractivity contribution is 6.05. The van der Waals surface area contributed by atoms with Crippen molar-refractivity contribution in [1.29, 1.82) is 0 Å². The minimum absolute atomic E-state index is 0.0429. The van der Waals surface area contributed by atoms with Gasteiger partial charge in [0.15, 0.2) is 0 Å². The molecule has 0 fully saturated rings. The Morgan fingerprint density at radius 1 is 1.03 bits per heavy atom. The average molecular weight is 446 g/mol. The summed E-state index contributed by atoms with van der Waals surface area (Å²) in [6, 6.07) is 10.0. The zero-order valence-electron chi connectivity index (χ0n) is 16.9. The van der Waals surface area contributed by atoms with E-state index in [0.717, 1.165) is 11.1 Å². The summed E-state index contributed by atoms with van der Waals surface area (Å²) in [5.41, 5.74) is 7.40. The van der Waals surface area contributed by atoms with Crippen LogP contribution in [-0.2, 0) is 27.3 Å². The molecule has 2 aliphatic rings. The zero-order chi connectivity index (χ0) is 23.0. The highest BCUT2D eigenvalue weighted by Gasteiger charge is 2.49. The lowest BCUT2D eigenvalue weighted by Crippen LogP contribution is -2.56. The molecule has 0 saturated heterocycles. The summed E-state index contributed by atoms with van der Waals surface area (Å²) < 4.78 is 41.8. The molecule has 3 amide bonds. The molecule has 32 heavy (non-hydrogen) atoms. The van der Waals surface area contributed by atoms with Crippen molar-refractivity contribution < 1.29 is 27.6 Å². The molecule has 0 radical (unpaired) electrons. The van der Waals surface area contributed by atoms with E-state index in [-0.39, 0.29) is 24.3 Å². The van der Waals surface area contributed by atoms with Crippen molar-refractivity contribution in [3.63, 3.8) is 0 Å². The van der Waals surface area contributed by atoms with Gasteiger partial charge in [-0.05, 0) is 29.7 Å². The minimum atomic E-state index is -4.83. The summed E-state index contributed by atoms with van der Waals surface area (Å²) in [5, 5.41) is 2.43. The van der Waals surface area contributed by atoms with Crippen LogP contribution in [-0.4, -0.2) is 47.4 Å². The van der Waals surface area contributed by atoms with Gasteiger partial charge in [-0.25, -0.2) is 0 Å². The van der Waals surface area contributed by atoms with Crippen molar-refractivity contribution in [3.8, 4) is 0 Å². The molecule has 0 aromatic heterocycles. The van der Waals surface area contributed by atoms with Crippen molar-refractivity contribution in [2.24, 2.45) is 5.73 Å². The Bertz CT molecular complexity index is 1070. The fourth-order valence-corrected chi connectivity index (χ4v) is 4.27. The van der Waals surface area contributed by atoms with Crippen LogP contribution in [0.5, 0.6) is 0 Å². The molecular weight excluding hydrogens is 425 g/mol. The second-order valence-corrected chi connectivity index (χ2v) is 7.89. The average Bonchev–Trinajstić information content (AvgIpc) is 2.88. The van der Waals surface area contributed by atoms with Gasteiger partial charge in [-0.2, -0.15) is 13.2 Å². The molecule has 0 aliphatic carbocycles. The summed E-state index contributed by atoms with van der Waals surface area (Å²) >= 11 is 0. The van der Waals surface area contributed by atoms with Crippen LogP contribution < -0.4 is 16.0 Å². The third-order valence-corrected chi connectivity index (χ3v) is 5.79. The number of primary amides is 1. The van der Waals surface area contributed by atoms with E-state index in [4.69, 9.17) is 5.73 Å². The lowest BCUT2D eigenvalue weighted by atomic mass is 9.93. The number of amides is 3. The Morgan fingerprint density at radius 3 is 2.38 bits per heavy atom. The SMILES string of the molecule is NC(=O)[C@H]1Cc2ccccc2CN1CC(=O)N1c2ccccc2NC(=O)C[C@@H]1C(F)(F)F. The third kappa shape index (κ3) is 4.18. The van der Waals surface area contributed by atoms with E-state index in [0.29, 0.717) is 4.90 Å². The number of para-hydroxylation sites is 2. The lowest BCUT2D eigenvalue weighted by Gasteiger charge is -2.37. The molecule has 2 aromatic rings. The first-order valence-electron chi connectivity index (χ1n) is 10.0. The van der Waals surface area contributed by atoms with Gasteiger partial charge in [0.2, 0.25) is 17.7 Å². The molecule has 2 aliphatic heterocycles. The standard InChI is InChI=1S/C22H21F3N4O3/c23-22(24,25)18-10-19(30)27-15-7-3-4-8-16(15)29(18)20(31)12-28-11-14-6-2-1-5-13(14)9-17(28)21(26)32/h1-8,17-18H,9-12H2,(H2,26,32)(H,27,30)/t17-,18-/m1/s1. The number of alkyl halides is 3. The monoisotopic (exact) mass is 446 g/mol. The molecule has 10 heteroatoms. The highest BCUT2D eigenvalue weighted by atomic mass is 19.4. The van der Waals surface area contributed by atoms with E-state index in [2.05, 4.69) is 5.32 Å². The summed E-state index contributed by atoms with van der Waals surface area (Å²) in [4.78, 5) is 39.6. The second kappa shape index (κ2) is 8.27. The quantitative estimate of drug-likeness (QED) is 0.756. The van der Waals surface area contributed by atoms with Crippen LogP contribution in [0.1, 0.15) is 17.5 Å². The van der Waals surface area contributed by atoms with Gasteiger partial charge in [0, 0.05) is 6.54 Å². The molecule has 3 N–H and O–H groups in total. The summed E-state index contributed by atoms with van der Waals surface area (Å²) in [6.45, 7) is -0.268. The molecule has 0 saturated carbocycles. The number of carbonyl (C=O) groups is 3. The van der Waals surface area contributed by atoms with Gasteiger partial charge in [-0.15, -0.1) is 0 Å². The fraction of sp³-hybridized carbons (Fsp3) is 0.318. The van der Waals surface area contributed by atoms with Gasteiger partial charge in [-0.1, -0.05) is 36.4 Å². The third-order valence-electron chi connectivity index (χ3n) is 5.79. The molecule has 0 spiro atoms. The van der Waals surface area contributed by atoms with Crippen LogP contribution >= 0.6 is 0 Å². The Hall–Kier alpha value is -3.40. The van der Waals surface area contributed by atoms with Crippen molar-refractivity contribution >= 4 is 29.1 Å². The molecular formula is C22H21F3N4O3. The second-order valence-electron chi connectivity index (χ2n) is 7.89. The molecule has 4 rings (SSSR count). The van der Waals surface area contributed by atoms with Gasteiger partial charge in [0.25, 0.3) is 0 Å². The minimum Gasteiger partial charge on any atom is -0.368 e. The lowest BCUT2D eigenvalue weighted by molar-refractivity contribution is -0.158. The Labute approximate surface area is 182 Å². The number of halogens is 3. The normalized spacial score (nSPS) is 21.2. The fourth-order valence-electron chi connectivity index (χ4n) is 4.27. The van der Waals surface area contributed by atoms with E-state index in [1.165, 1.54) is 23.1 Å². The number of fused-ring (bicyclic) bond motifs is 2. The Balaban J connectivity index is 1.70. The number of nitrogens with zero attached hydrogens (tertiary/aromatic N) is 2. The molecule has 2 atom stereocenters. The first-order valence-corrected chi connectivity index (χ1v) is 10.0. The topological polar surface area (TPSA) is 95.7 Å². The molecule has 2 heterocycles. The first-order chi connectivity index (χ1) is 15.1. The van der Waals surface area contributed by atoms with Gasteiger partial charge in [0.1, 0.15) is 6.04 Å². The van der Waals surface area contributed by atoms with Crippen molar-refractivity contribution in [1.82, 2.24) is 4.90 Å². The summed E-state index contributed by atoms with van der Waals surface area (Å²) in [6.07, 6.45) is -5.49. The number of carbonyl (C=O) groups excluding carboxylic acids is 3. The van der Waals surface area contributed by atoms with Crippen LogP contribution in [0.4, 0.5) is 24.5 Å². The van der Waals surface area contributed by atoms with Crippen molar-refractivity contribution in [3.05, 3.63) is 59.7 Å². The first kappa shape index (κ1) is 21.8. The van der Waals surface area contributed by atoms with Crippen LogP contribution in [0.3, 0.4) is 0 Å². The highest BCUT2D eigenvalue weighted by Crippen LogP contribution is 2.38. The van der Waals surface area contributed by atoms with Crippen LogP contribution in [0, 0.1) is 0 Å². The number of nitrogens with two attached hydrogens (primary N) is 1. The van der Waals surface area contributed by atoms with Crippen LogP contribution in [0.15, 0.2) is 48.5 Å². The largest absolute Gasteiger partial charge is 0.409 e. The molecule has 7 nitrogen and oxygen atoms in total. The number of benzene rings is 2. The van der Waals surface area contributed by atoms with Crippen molar-refractivity contribution in [2.75, 3.05) is 16.8 Å². The number of rotatable bonds is 3.